The van der Waals surface area contributed by atoms with Gasteiger partial charge in [0, 0.05) is 36.2 Å². The predicted octanol–water partition coefficient (Wildman–Crippen LogP) is 4.69. The molecule has 8 nitrogen and oxygen atoms in total. The van der Waals surface area contributed by atoms with Crippen LogP contribution in [0.1, 0.15) is 6.42 Å². The average Bonchev–Trinajstić information content (AvgIpc) is 3.58. The molecule has 6 rings (SSSR count). The van der Waals surface area contributed by atoms with Crippen molar-refractivity contribution in [2.75, 3.05) is 18.5 Å². The van der Waals surface area contributed by atoms with Crippen LogP contribution in [0.4, 0.5) is 15.9 Å². The van der Waals surface area contributed by atoms with E-state index in [1.165, 1.54) is 17.7 Å². The van der Waals surface area contributed by atoms with Crippen molar-refractivity contribution >= 4 is 44.0 Å². The molecule has 0 aliphatic carbocycles. The van der Waals surface area contributed by atoms with Gasteiger partial charge in [-0.3, -0.25) is 4.68 Å². The Morgan fingerprint density at radius 1 is 1.21 bits per heavy atom. The summed E-state index contributed by atoms with van der Waals surface area (Å²) in [7, 11) is 1.87. The van der Waals surface area contributed by atoms with E-state index in [0.29, 0.717) is 46.2 Å². The van der Waals surface area contributed by atoms with Gasteiger partial charge in [-0.2, -0.15) is 5.10 Å². The summed E-state index contributed by atoms with van der Waals surface area (Å²) in [6.45, 7) is 1.22. The van der Waals surface area contributed by atoms with E-state index in [9.17, 15) is 0 Å². The highest BCUT2D eigenvalue weighted by atomic mass is 32.1. The van der Waals surface area contributed by atoms with Crippen LogP contribution in [0.15, 0.2) is 48.5 Å². The molecule has 0 radical (unpaired) electrons. The van der Waals surface area contributed by atoms with Crippen LogP contribution in [-0.2, 0) is 11.8 Å². The fourth-order valence-corrected chi connectivity index (χ4v) is 4.70. The number of aromatic nitrogens is 5. The number of benzene rings is 2. The molecule has 33 heavy (non-hydrogen) atoms. The molecular weight excluding hydrogens is 443 g/mol. The lowest BCUT2D eigenvalue weighted by Gasteiger charge is -2.17. The number of ether oxygens (including phenoxy) is 2. The maximum atomic E-state index is 15.0. The highest BCUT2D eigenvalue weighted by Crippen LogP contribution is 2.38. The Balaban J connectivity index is 1.46. The van der Waals surface area contributed by atoms with Crippen molar-refractivity contribution in [3.63, 3.8) is 0 Å². The first-order valence-electron chi connectivity index (χ1n) is 10.5. The maximum absolute atomic E-state index is 15.0. The average molecular weight is 463 g/mol. The molecule has 0 spiro atoms. The van der Waals surface area contributed by atoms with Crippen molar-refractivity contribution in [2.24, 2.45) is 7.05 Å². The number of aryl methyl sites for hydroxylation is 1. The normalized spacial score (nSPS) is 16.0. The summed E-state index contributed by atoms with van der Waals surface area (Å²) in [6, 6.07) is 7.31. The van der Waals surface area contributed by atoms with Crippen LogP contribution >= 0.6 is 11.3 Å². The Kier molecular flexibility index (Phi) is 4.88. The van der Waals surface area contributed by atoms with E-state index < -0.39 is 0 Å². The molecule has 0 saturated carbocycles. The molecule has 4 heterocycles. The summed E-state index contributed by atoms with van der Waals surface area (Å²) >= 11 is 1.27. The first kappa shape index (κ1) is 20.0. The first-order chi connectivity index (χ1) is 16.2. The number of halogens is 1. The molecule has 166 valence electrons. The van der Waals surface area contributed by atoms with E-state index in [-0.39, 0.29) is 11.9 Å². The number of rotatable bonds is 5. The third-order valence-electron chi connectivity index (χ3n) is 5.63. The highest BCUT2D eigenvalue weighted by Gasteiger charge is 2.21. The summed E-state index contributed by atoms with van der Waals surface area (Å²) in [5, 5.41) is 8.16. The Hall–Kier alpha value is -3.63. The molecular formula is C23H19FN6O2S. The molecule has 5 aromatic rings. The van der Waals surface area contributed by atoms with Gasteiger partial charge in [-0.15, -0.1) is 11.3 Å². The highest BCUT2D eigenvalue weighted by molar-refractivity contribution is 7.16. The minimum atomic E-state index is -0.353. The second kappa shape index (κ2) is 8.05. The molecule has 1 saturated heterocycles. The zero-order valence-electron chi connectivity index (χ0n) is 17.7. The Morgan fingerprint density at radius 3 is 2.97 bits per heavy atom. The standard InChI is InChI=1S/C23H19FN6O2S/c1-30-9-13(8-28-30)15-6-19-16(7-20(15)32-14-4-5-31-10-14)23(26-11-25-19)29-17-2-3-18-22(21(17)24)33-12-27-18/h2-3,6-9,11-12,14H,4-5,10H2,1H3,(H,25,26,29). The zero-order valence-corrected chi connectivity index (χ0v) is 18.5. The summed E-state index contributed by atoms with van der Waals surface area (Å²) in [5.41, 5.74) is 5.10. The zero-order chi connectivity index (χ0) is 22.4. The fraction of sp³-hybridized carbons (Fsp3) is 0.217. The van der Waals surface area contributed by atoms with E-state index in [0.717, 1.165) is 22.9 Å². The van der Waals surface area contributed by atoms with Gasteiger partial charge in [-0.05, 0) is 24.3 Å². The largest absolute Gasteiger partial charge is 0.487 e. The number of hydrogen-bond acceptors (Lipinski definition) is 8. The van der Waals surface area contributed by atoms with Crippen LogP contribution in [0.5, 0.6) is 5.75 Å². The van der Waals surface area contributed by atoms with Crippen LogP contribution in [-0.4, -0.2) is 44.1 Å². The third kappa shape index (κ3) is 3.66. The quantitative estimate of drug-likeness (QED) is 0.405. The van der Waals surface area contributed by atoms with Gasteiger partial charge in [-0.25, -0.2) is 19.3 Å². The minimum absolute atomic E-state index is 0.0370. The van der Waals surface area contributed by atoms with Crippen molar-refractivity contribution in [1.29, 1.82) is 0 Å². The summed E-state index contributed by atoms with van der Waals surface area (Å²) in [4.78, 5) is 13.0. The predicted molar refractivity (Wildman–Crippen MR) is 124 cm³/mol. The van der Waals surface area contributed by atoms with Gasteiger partial charge < -0.3 is 14.8 Å². The lowest BCUT2D eigenvalue weighted by atomic mass is 10.0. The van der Waals surface area contributed by atoms with Gasteiger partial charge in [0.1, 0.15) is 24.0 Å². The van der Waals surface area contributed by atoms with Crippen molar-refractivity contribution in [1.82, 2.24) is 24.7 Å². The van der Waals surface area contributed by atoms with Crippen LogP contribution in [0.3, 0.4) is 0 Å². The molecule has 1 aliphatic rings. The topological polar surface area (TPSA) is 87.0 Å². The molecule has 1 atom stereocenters. The lowest BCUT2D eigenvalue weighted by molar-refractivity contribution is 0.142. The number of nitrogens with zero attached hydrogens (tertiary/aromatic N) is 5. The number of nitrogens with one attached hydrogen (secondary N) is 1. The van der Waals surface area contributed by atoms with E-state index >= 15 is 4.39 Å². The Morgan fingerprint density at radius 2 is 2.15 bits per heavy atom. The molecule has 2 aromatic carbocycles. The molecule has 0 bridgehead atoms. The second-order valence-corrected chi connectivity index (χ2v) is 8.70. The smallest absolute Gasteiger partial charge is 0.166 e. The Bertz CT molecular complexity index is 1480. The van der Waals surface area contributed by atoms with Gasteiger partial charge >= 0.3 is 0 Å². The molecule has 0 amide bonds. The number of fused-ring (bicyclic) bond motifs is 2. The molecule has 1 fully saturated rings. The van der Waals surface area contributed by atoms with E-state index in [1.807, 2.05) is 25.4 Å². The van der Waals surface area contributed by atoms with E-state index in [1.54, 1.807) is 28.5 Å². The first-order valence-corrected chi connectivity index (χ1v) is 11.3. The second-order valence-electron chi connectivity index (χ2n) is 7.85. The summed E-state index contributed by atoms with van der Waals surface area (Å²) in [5.74, 6) is 0.823. The SMILES string of the molecule is Cn1cc(-c2cc3ncnc(Nc4ccc5ncsc5c4F)c3cc2OC2CCOC2)cn1. The lowest BCUT2D eigenvalue weighted by Crippen LogP contribution is -2.16. The van der Waals surface area contributed by atoms with Crippen molar-refractivity contribution < 1.29 is 13.9 Å². The number of thiazole rings is 1. The molecule has 1 aliphatic heterocycles. The molecule has 10 heteroatoms. The van der Waals surface area contributed by atoms with E-state index in [4.69, 9.17) is 9.47 Å². The summed E-state index contributed by atoms with van der Waals surface area (Å²) < 4.78 is 29.1. The molecule has 3 aromatic heterocycles. The van der Waals surface area contributed by atoms with Crippen LogP contribution in [0, 0.1) is 5.82 Å². The number of hydrogen-bond donors (Lipinski definition) is 1. The molecule has 1 unspecified atom stereocenters. The van der Waals surface area contributed by atoms with Crippen molar-refractivity contribution in [3.8, 4) is 16.9 Å². The van der Waals surface area contributed by atoms with Crippen LogP contribution in [0.25, 0.3) is 32.2 Å². The monoisotopic (exact) mass is 462 g/mol. The maximum Gasteiger partial charge on any atom is 0.166 e. The van der Waals surface area contributed by atoms with Gasteiger partial charge in [0.25, 0.3) is 0 Å². The number of anilines is 2. The summed E-state index contributed by atoms with van der Waals surface area (Å²) in [6.07, 6.45) is 5.97. The van der Waals surface area contributed by atoms with Gasteiger partial charge in [0.15, 0.2) is 5.82 Å². The van der Waals surface area contributed by atoms with Crippen LogP contribution < -0.4 is 10.1 Å². The Labute approximate surface area is 192 Å². The van der Waals surface area contributed by atoms with Crippen molar-refractivity contribution in [2.45, 2.75) is 12.5 Å². The third-order valence-corrected chi connectivity index (χ3v) is 6.46. The fourth-order valence-electron chi connectivity index (χ4n) is 3.97. The van der Waals surface area contributed by atoms with E-state index in [2.05, 4.69) is 25.4 Å². The minimum Gasteiger partial charge on any atom is -0.487 e. The van der Waals surface area contributed by atoms with Gasteiger partial charge in [-0.1, -0.05) is 0 Å². The molecule has 1 N–H and O–H groups in total. The van der Waals surface area contributed by atoms with Crippen LogP contribution in [0.2, 0.25) is 0 Å². The van der Waals surface area contributed by atoms with Crippen molar-refractivity contribution in [3.05, 3.63) is 54.3 Å². The van der Waals surface area contributed by atoms with Gasteiger partial charge in [0.2, 0.25) is 0 Å². The van der Waals surface area contributed by atoms with Gasteiger partial charge in [0.05, 0.1) is 46.3 Å².